The van der Waals surface area contributed by atoms with Crippen molar-refractivity contribution < 1.29 is 35.9 Å². The van der Waals surface area contributed by atoms with E-state index >= 15 is 0 Å². The minimum Gasteiger partial charge on any atom is -0.493 e. The Morgan fingerprint density at radius 3 is 2.50 bits per heavy atom. The van der Waals surface area contributed by atoms with E-state index in [1.807, 2.05) is 6.92 Å². The summed E-state index contributed by atoms with van der Waals surface area (Å²) in [6, 6.07) is 8.39. The molecule has 5 aliphatic heterocycles. The van der Waals surface area contributed by atoms with Crippen LogP contribution in [0.15, 0.2) is 59.3 Å². The van der Waals surface area contributed by atoms with E-state index in [1.54, 1.807) is 37.4 Å². The zero-order valence-electron chi connectivity index (χ0n) is 24.4. The number of nitrogens with one attached hydrogen (secondary N) is 1. The second kappa shape index (κ2) is 12.2. The number of rotatable bonds is 0. The Hall–Kier alpha value is -3.93. The molecule has 13 heteroatoms. The van der Waals surface area contributed by atoms with E-state index in [4.69, 9.17) is 4.74 Å². The second-order valence-corrected chi connectivity index (χ2v) is 13.3. The summed E-state index contributed by atoms with van der Waals surface area (Å²) in [5.74, 6) is -0.878. The van der Waals surface area contributed by atoms with Crippen LogP contribution in [0.1, 0.15) is 51.9 Å². The average molecular weight is 631 g/mol. The minimum atomic E-state index is -4.66. The Bertz CT molecular complexity index is 1670. The van der Waals surface area contributed by atoms with Crippen molar-refractivity contribution in [3.8, 4) is 5.75 Å². The molecule has 0 aliphatic carbocycles. The lowest BCUT2D eigenvalue weighted by molar-refractivity contribution is -0.137. The van der Waals surface area contributed by atoms with Gasteiger partial charge in [-0.2, -0.15) is 13.2 Å². The van der Waals surface area contributed by atoms with Gasteiger partial charge in [0.15, 0.2) is 0 Å². The van der Waals surface area contributed by atoms with Crippen molar-refractivity contribution in [1.29, 1.82) is 0 Å². The third-order valence-corrected chi connectivity index (χ3v) is 10.00. The first-order chi connectivity index (χ1) is 20.8. The predicted octanol–water partition coefficient (Wildman–Crippen LogP) is 3.86. The highest BCUT2D eigenvalue weighted by Crippen LogP contribution is 2.36. The first-order valence-electron chi connectivity index (χ1n) is 14.3. The Morgan fingerprint density at radius 2 is 1.80 bits per heavy atom. The summed E-state index contributed by atoms with van der Waals surface area (Å²) in [5, 5.41) is 2.62. The maximum absolute atomic E-state index is 13.8. The van der Waals surface area contributed by atoms with Gasteiger partial charge in [0.1, 0.15) is 17.1 Å². The molecule has 2 aromatic carbocycles. The molecule has 1 N–H and O–H groups in total. The average Bonchev–Trinajstić information content (AvgIpc) is 3.29. The monoisotopic (exact) mass is 630 g/mol. The van der Waals surface area contributed by atoms with Crippen LogP contribution in [-0.2, 0) is 27.4 Å². The van der Waals surface area contributed by atoms with Crippen molar-refractivity contribution >= 4 is 27.7 Å². The first kappa shape index (κ1) is 31.5. The van der Waals surface area contributed by atoms with Crippen molar-refractivity contribution in [3.05, 3.63) is 82.1 Å². The number of halogens is 3. The number of alkyl halides is 3. The van der Waals surface area contributed by atoms with Gasteiger partial charge in [-0.3, -0.25) is 14.6 Å². The highest BCUT2D eigenvalue weighted by Gasteiger charge is 2.47. The van der Waals surface area contributed by atoms with Gasteiger partial charge in [0.2, 0.25) is 10.0 Å². The molecule has 1 fully saturated rings. The normalized spacial score (nSPS) is 24.3. The molecule has 0 radical (unpaired) electrons. The molecule has 2 amide bonds. The number of piperidine rings is 1. The number of hydrogen-bond acceptors (Lipinski definition) is 6. The number of aliphatic imine (C=N–C) groups is 1. The maximum atomic E-state index is 13.8. The van der Waals surface area contributed by atoms with Gasteiger partial charge in [-0.05, 0) is 79.8 Å². The molecule has 5 aliphatic rings. The van der Waals surface area contributed by atoms with Crippen LogP contribution in [-0.4, -0.2) is 79.9 Å². The highest BCUT2D eigenvalue weighted by molar-refractivity contribution is 7.89. The van der Waals surface area contributed by atoms with Crippen LogP contribution in [0, 0.1) is 6.92 Å². The van der Waals surface area contributed by atoms with Crippen LogP contribution in [0.5, 0.6) is 5.75 Å². The number of aryl methyl sites for hydroxylation is 2. The van der Waals surface area contributed by atoms with Crippen LogP contribution in [0.3, 0.4) is 0 Å². The van der Waals surface area contributed by atoms with Crippen LogP contribution in [0.4, 0.5) is 13.2 Å². The molecule has 5 heterocycles. The van der Waals surface area contributed by atoms with E-state index in [1.165, 1.54) is 15.3 Å². The molecule has 2 aromatic rings. The molecule has 0 unspecified atom stereocenters. The van der Waals surface area contributed by atoms with Crippen molar-refractivity contribution in [2.75, 3.05) is 39.0 Å². The third-order valence-electron chi connectivity index (χ3n) is 8.13. The number of sulfonamides is 1. The van der Waals surface area contributed by atoms with Gasteiger partial charge < -0.3 is 15.0 Å². The highest BCUT2D eigenvalue weighted by atomic mass is 32.2. The van der Waals surface area contributed by atoms with Crippen molar-refractivity contribution in [2.45, 2.75) is 44.3 Å². The smallest absolute Gasteiger partial charge is 0.416 e. The van der Waals surface area contributed by atoms with E-state index in [0.29, 0.717) is 12.0 Å². The SMILES string of the molecule is Cc1cc2ccc1CCS(=O)(=O)N1CCC3(CC1)N=C(NC3=O)c1cc(cc(C(F)(F)F)c1)OCCC=C=CCN(C)C2=O. The zero-order chi connectivity index (χ0) is 31.7. The third kappa shape index (κ3) is 6.74. The Morgan fingerprint density at radius 1 is 1.05 bits per heavy atom. The number of carbonyl (C=O) groups is 2. The molecule has 0 aromatic heterocycles. The Labute approximate surface area is 254 Å². The van der Waals surface area contributed by atoms with Gasteiger partial charge in [0.05, 0.1) is 17.9 Å². The topological polar surface area (TPSA) is 108 Å². The second-order valence-electron chi connectivity index (χ2n) is 11.2. The van der Waals surface area contributed by atoms with Gasteiger partial charge in [0.25, 0.3) is 11.8 Å². The molecule has 9 nitrogen and oxygen atoms in total. The summed E-state index contributed by atoms with van der Waals surface area (Å²) < 4.78 is 74.7. The molecule has 44 heavy (non-hydrogen) atoms. The minimum absolute atomic E-state index is 0.00630. The van der Waals surface area contributed by atoms with Gasteiger partial charge in [0, 0.05) is 44.2 Å². The lowest BCUT2D eigenvalue weighted by atomic mass is 9.89. The van der Waals surface area contributed by atoms with Gasteiger partial charge >= 0.3 is 6.18 Å². The quantitative estimate of drug-likeness (QED) is 0.445. The fourth-order valence-electron chi connectivity index (χ4n) is 5.48. The number of hydrogen-bond donors (Lipinski definition) is 1. The molecule has 7 bridgehead atoms. The number of ether oxygens (including phenoxy) is 1. The van der Waals surface area contributed by atoms with Crippen LogP contribution >= 0.6 is 0 Å². The van der Waals surface area contributed by atoms with E-state index < -0.39 is 33.2 Å². The van der Waals surface area contributed by atoms with Crippen molar-refractivity contribution in [2.24, 2.45) is 4.99 Å². The van der Waals surface area contributed by atoms with Gasteiger partial charge in [-0.1, -0.05) is 6.07 Å². The lowest BCUT2D eigenvalue weighted by Gasteiger charge is -2.34. The summed E-state index contributed by atoms with van der Waals surface area (Å²) >= 11 is 0. The number of fused-ring (bicyclic) bond motifs is 2. The van der Waals surface area contributed by atoms with Gasteiger partial charge in [-0.15, -0.1) is 5.73 Å². The van der Waals surface area contributed by atoms with Crippen molar-refractivity contribution in [3.63, 3.8) is 0 Å². The fraction of sp³-hybridized carbons (Fsp3) is 0.419. The Kier molecular flexibility index (Phi) is 8.75. The number of likely N-dealkylation sites (N-methyl/N-ethyl adjacent to an activating group) is 1. The molecular weight excluding hydrogens is 597 g/mol. The van der Waals surface area contributed by atoms with Crippen LogP contribution < -0.4 is 10.1 Å². The van der Waals surface area contributed by atoms with E-state index in [0.717, 1.165) is 23.3 Å². The fourth-order valence-corrected chi connectivity index (χ4v) is 6.96. The molecule has 234 valence electrons. The van der Waals surface area contributed by atoms with Crippen LogP contribution in [0.2, 0.25) is 0 Å². The number of amides is 2. The van der Waals surface area contributed by atoms with Gasteiger partial charge in [-0.25, -0.2) is 12.7 Å². The molecular formula is C31H33F3N4O5S. The lowest BCUT2D eigenvalue weighted by Crippen LogP contribution is -2.50. The summed E-state index contributed by atoms with van der Waals surface area (Å²) in [6.45, 7) is 2.27. The summed E-state index contributed by atoms with van der Waals surface area (Å²) in [4.78, 5) is 32.1. The largest absolute Gasteiger partial charge is 0.493 e. The number of nitrogens with zero attached hydrogens (tertiary/aromatic N) is 3. The molecule has 0 atom stereocenters. The molecule has 1 saturated heterocycles. The predicted molar refractivity (Wildman–Crippen MR) is 158 cm³/mol. The van der Waals surface area contributed by atoms with E-state index in [9.17, 15) is 31.2 Å². The zero-order valence-corrected chi connectivity index (χ0v) is 25.2. The molecule has 1 spiro atoms. The maximum Gasteiger partial charge on any atom is 0.416 e. The van der Waals surface area contributed by atoms with E-state index in [2.05, 4.69) is 16.0 Å². The molecule has 7 rings (SSSR count). The summed E-state index contributed by atoms with van der Waals surface area (Å²) in [7, 11) is -2.03. The Balaban J connectivity index is 1.46. The summed E-state index contributed by atoms with van der Waals surface area (Å²) in [6.07, 6.45) is -0.564. The summed E-state index contributed by atoms with van der Waals surface area (Å²) in [5.41, 5.74) is 2.87. The standard InChI is InChI=1S/C31H33F3N4O5S/c1-21-17-23-8-7-22(21)9-16-44(41,42)38-13-10-30(11-14-38)29(40)35-27(36-30)24-18-25(31(32,33)34)20-26(19-24)43-15-6-4-3-5-12-37(2)28(23)39/h4-5,7-8,17-20H,6,9-16H2,1-2H3,(H,35,36,40). The number of amidine groups is 1. The molecule has 0 saturated carbocycles. The number of carbonyl (C=O) groups excluding carboxylic acids is 2. The first-order valence-corrected chi connectivity index (χ1v) is 15.9. The van der Waals surface area contributed by atoms with Crippen LogP contribution in [0.25, 0.3) is 0 Å². The van der Waals surface area contributed by atoms with Crippen molar-refractivity contribution in [1.82, 2.24) is 14.5 Å². The van der Waals surface area contributed by atoms with E-state index in [-0.39, 0.29) is 74.3 Å². The number of benzene rings is 2.